The van der Waals surface area contributed by atoms with E-state index in [2.05, 4.69) is 0 Å². The molecule has 0 aliphatic carbocycles. The number of Topliss-reactive ketones (excluding diaryl/α,β-unsaturated/α-hetero) is 1. The van der Waals surface area contributed by atoms with Gasteiger partial charge in [0, 0.05) is 24.3 Å². The molecule has 2 aliphatic heterocycles. The highest BCUT2D eigenvalue weighted by molar-refractivity contribution is 6.46. The molecule has 7 heteroatoms. The molecule has 7 nitrogen and oxygen atoms in total. The van der Waals surface area contributed by atoms with Gasteiger partial charge in [0.25, 0.3) is 11.7 Å². The molecule has 2 heterocycles. The van der Waals surface area contributed by atoms with E-state index in [-0.39, 0.29) is 29.9 Å². The number of carbonyl (C=O) groups excluding carboxylic acids is 2. The van der Waals surface area contributed by atoms with Crippen LogP contribution in [-0.2, 0) is 14.3 Å². The average Bonchev–Trinajstić information content (AvgIpc) is 3.46. The lowest BCUT2D eigenvalue weighted by atomic mass is 9.92. The van der Waals surface area contributed by atoms with Crippen LogP contribution < -0.4 is 9.47 Å². The Balaban J connectivity index is 1.86. The molecule has 2 saturated heterocycles. The van der Waals surface area contributed by atoms with Gasteiger partial charge in [0.05, 0.1) is 31.4 Å². The summed E-state index contributed by atoms with van der Waals surface area (Å²) in [5.41, 5.74) is 2.07. The average molecular weight is 480 g/mol. The summed E-state index contributed by atoms with van der Waals surface area (Å²) < 4.78 is 17.1. The van der Waals surface area contributed by atoms with Gasteiger partial charge in [-0.25, -0.2) is 0 Å². The van der Waals surface area contributed by atoms with Crippen LogP contribution in [0, 0.1) is 0 Å². The van der Waals surface area contributed by atoms with E-state index in [1.54, 1.807) is 25.3 Å². The summed E-state index contributed by atoms with van der Waals surface area (Å²) in [4.78, 5) is 28.1. The van der Waals surface area contributed by atoms with Crippen LogP contribution in [0.4, 0.5) is 0 Å². The molecule has 2 aromatic carbocycles. The van der Waals surface area contributed by atoms with Crippen molar-refractivity contribution in [2.24, 2.45) is 0 Å². The molecule has 0 bridgehead atoms. The number of likely N-dealkylation sites (tertiary alicyclic amines) is 1. The van der Waals surface area contributed by atoms with Crippen LogP contribution in [0.3, 0.4) is 0 Å². The van der Waals surface area contributed by atoms with Gasteiger partial charge in [0.15, 0.2) is 0 Å². The highest BCUT2D eigenvalue weighted by atomic mass is 16.5. The summed E-state index contributed by atoms with van der Waals surface area (Å²) in [6.07, 6.45) is 1.58. The van der Waals surface area contributed by atoms with Gasteiger partial charge in [-0.3, -0.25) is 9.59 Å². The minimum absolute atomic E-state index is 0.0522. The molecule has 1 N–H and O–H groups in total. The smallest absolute Gasteiger partial charge is 0.295 e. The van der Waals surface area contributed by atoms with E-state index in [9.17, 15) is 14.7 Å². The number of aliphatic hydroxyl groups excluding tert-OH is 1. The minimum atomic E-state index is -0.788. The Morgan fingerprint density at radius 3 is 2.60 bits per heavy atom. The molecule has 1 amide bonds. The second-order valence-electron chi connectivity index (χ2n) is 9.17. The predicted octanol–water partition coefficient (Wildman–Crippen LogP) is 4.82. The Hall–Kier alpha value is -3.32. The molecule has 4 rings (SSSR count). The van der Waals surface area contributed by atoms with Gasteiger partial charge in [-0.05, 0) is 55.5 Å². The Labute approximate surface area is 206 Å². The maximum absolute atomic E-state index is 13.4. The highest BCUT2D eigenvalue weighted by Gasteiger charge is 2.48. The zero-order chi connectivity index (χ0) is 25.1. The predicted molar refractivity (Wildman–Crippen MR) is 133 cm³/mol. The van der Waals surface area contributed by atoms with E-state index in [1.165, 1.54) is 4.90 Å². The van der Waals surface area contributed by atoms with Crippen molar-refractivity contribution in [3.05, 3.63) is 64.7 Å². The standard InChI is InChI=1S/C28H33NO6/c1-5-34-23-13-12-18(15-21(23)17(2)3)26(30)24-25(20-10-6-7-11-22(20)33-4)29(28(32)27(24)31)16-19-9-8-14-35-19/h6-7,10-13,15,17,19,25,30H,5,8-9,14,16H2,1-4H3/b26-24+. The molecule has 2 aromatic rings. The minimum Gasteiger partial charge on any atom is -0.507 e. The topological polar surface area (TPSA) is 85.3 Å². The van der Waals surface area contributed by atoms with Crippen molar-refractivity contribution in [1.82, 2.24) is 4.90 Å². The monoisotopic (exact) mass is 479 g/mol. The Bertz CT molecular complexity index is 1130. The number of methoxy groups -OCH3 is 1. The summed E-state index contributed by atoms with van der Waals surface area (Å²) >= 11 is 0. The number of carbonyl (C=O) groups is 2. The van der Waals surface area contributed by atoms with Crippen LogP contribution in [0.2, 0.25) is 0 Å². The third kappa shape index (κ3) is 4.78. The molecule has 0 saturated carbocycles. The van der Waals surface area contributed by atoms with Crippen molar-refractivity contribution >= 4 is 17.4 Å². The van der Waals surface area contributed by atoms with Crippen molar-refractivity contribution < 1.29 is 28.9 Å². The highest BCUT2D eigenvalue weighted by Crippen LogP contribution is 2.43. The second-order valence-corrected chi connectivity index (χ2v) is 9.17. The number of rotatable bonds is 8. The molecular weight excluding hydrogens is 446 g/mol. The van der Waals surface area contributed by atoms with Crippen molar-refractivity contribution in [2.75, 3.05) is 26.9 Å². The molecule has 2 aliphatic rings. The Kier molecular flexibility index (Phi) is 7.45. The number of nitrogens with zero attached hydrogens (tertiary/aromatic N) is 1. The van der Waals surface area contributed by atoms with Crippen molar-refractivity contribution in [3.8, 4) is 11.5 Å². The van der Waals surface area contributed by atoms with Gasteiger partial charge in [-0.15, -0.1) is 0 Å². The number of ketones is 1. The fraction of sp³-hybridized carbons (Fsp3) is 0.429. The normalized spacial score (nSPS) is 21.7. The fourth-order valence-corrected chi connectivity index (χ4v) is 4.88. The first-order chi connectivity index (χ1) is 16.9. The molecule has 0 aromatic heterocycles. The summed E-state index contributed by atoms with van der Waals surface area (Å²) in [5.74, 6) is -0.156. The van der Waals surface area contributed by atoms with Gasteiger partial charge in [-0.2, -0.15) is 0 Å². The van der Waals surface area contributed by atoms with Crippen LogP contribution in [0.5, 0.6) is 11.5 Å². The number of benzene rings is 2. The van der Waals surface area contributed by atoms with E-state index < -0.39 is 17.7 Å². The van der Waals surface area contributed by atoms with Crippen LogP contribution >= 0.6 is 0 Å². The third-order valence-electron chi connectivity index (χ3n) is 6.60. The molecule has 35 heavy (non-hydrogen) atoms. The number of hydrogen-bond acceptors (Lipinski definition) is 6. The fourth-order valence-electron chi connectivity index (χ4n) is 4.88. The molecular formula is C28H33NO6. The zero-order valence-electron chi connectivity index (χ0n) is 20.7. The number of ether oxygens (including phenoxy) is 3. The van der Waals surface area contributed by atoms with E-state index in [1.807, 2.05) is 45.0 Å². The summed E-state index contributed by atoms with van der Waals surface area (Å²) in [7, 11) is 1.55. The number of para-hydroxylation sites is 1. The van der Waals surface area contributed by atoms with E-state index in [0.29, 0.717) is 30.1 Å². The van der Waals surface area contributed by atoms with E-state index >= 15 is 0 Å². The SMILES string of the molecule is CCOc1ccc(/C(O)=C2\C(=O)C(=O)N(CC3CCCO3)C2c2ccccc2OC)cc1C(C)C. The second kappa shape index (κ2) is 10.5. The molecule has 2 unspecified atom stereocenters. The summed E-state index contributed by atoms with van der Waals surface area (Å²) in [6.45, 7) is 7.42. The summed E-state index contributed by atoms with van der Waals surface area (Å²) in [5, 5.41) is 11.5. The lowest BCUT2D eigenvalue weighted by Crippen LogP contribution is -2.36. The van der Waals surface area contributed by atoms with Crippen molar-refractivity contribution in [1.29, 1.82) is 0 Å². The first-order valence-corrected chi connectivity index (χ1v) is 12.2. The molecule has 2 atom stereocenters. The van der Waals surface area contributed by atoms with Gasteiger partial charge in [0.1, 0.15) is 17.3 Å². The third-order valence-corrected chi connectivity index (χ3v) is 6.60. The summed E-state index contributed by atoms with van der Waals surface area (Å²) in [6, 6.07) is 11.8. The quantitative estimate of drug-likeness (QED) is 0.332. The molecule has 186 valence electrons. The molecule has 0 radical (unpaired) electrons. The van der Waals surface area contributed by atoms with Gasteiger partial charge < -0.3 is 24.2 Å². The van der Waals surface area contributed by atoms with Crippen LogP contribution in [0.15, 0.2) is 48.0 Å². The van der Waals surface area contributed by atoms with Crippen LogP contribution in [0.1, 0.15) is 62.3 Å². The van der Waals surface area contributed by atoms with Crippen molar-refractivity contribution in [3.63, 3.8) is 0 Å². The number of hydrogen-bond donors (Lipinski definition) is 1. The van der Waals surface area contributed by atoms with E-state index in [4.69, 9.17) is 14.2 Å². The lowest BCUT2D eigenvalue weighted by molar-refractivity contribution is -0.140. The maximum atomic E-state index is 13.4. The van der Waals surface area contributed by atoms with Gasteiger partial charge >= 0.3 is 0 Å². The Morgan fingerprint density at radius 1 is 1.17 bits per heavy atom. The van der Waals surface area contributed by atoms with Crippen LogP contribution in [0.25, 0.3) is 5.76 Å². The molecule has 0 spiro atoms. The van der Waals surface area contributed by atoms with Crippen molar-refractivity contribution in [2.45, 2.75) is 51.7 Å². The Morgan fingerprint density at radius 2 is 1.94 bits per heavy atom. The van der Waals surface area contributed by atoms with Gasteiger partial charge in [0.2, 0.25) is 0 Å². The van der Waals surface area contributed by atoms with E-state index in [0.717, 1.165) is 24.2 Å². The zero-order valence-corrected chi connectivity index (χ0v) is 20.7. The number of aliphatic hydroxyl groups is 1. The first kappa shape index (κ1) is 24.8. The lowest BCUT2D eigenvalue weighted by Gasteiger charge is -2.28. The molecule has 2 fully saturated rings. The number of amides is 1. The van der Waals surface area contributed by atoms with Gasteiger partial charge in [-0.1, -0.05) is 32.0 Å². The largest absolute Gasteiger partial charge is 0.507 e. The first-order valence-electron chi connectivity index (χ1n) is 12.2. The maximum Gasteiger partial charge on any atom is 0.295 e. The van der Waals surface area contributed by atoms with Crippen LogP contribution in [-0.4, -0.2) is 54.7 Å².